The van der Waals surface area contributed by atoms with Gasteiger partial charge in [-0.25, -0.2) is 9.18 Å². The number of aromatic nitrogens is 1. The molecule has 6 nitrogen and oxygen atoms in total. The fourth-order valence-electron chi connectivity index (χ4n) is 3.50. The first kappa shape index (κ1) is 17.7. The summed E-state index contributed by atoms with van der Waals surface area (Å²) < 4.78 is 23.9. The van der Waals surface area contributed by atoms with Crippen LogP contribution in [0.15, 0.2) is 22.7 Å². The maximum Gasteiger partial charge on any atom is 0.406 e. The van der Waals surface area contributed by atoms with Crippen molar-refractivity contribution in [2.45, 2.75) is 45.3 Å². The molecule has 7 heteroatoms. The Kier molecular flexibility index (Phi) is 5.22. The van der Waals surface area contributed by atoms with Crippen LogP contribution in [0.1, 0.15) is 44.7 Å². The lowest BCUT2D eigenvalue weighted by atomic mass is 9.91. The maximum atomic E-state index is 13.3. The number of hydrogen-bond acceptors (Lipinski definition) is 5. The number of carbonyl (C=O) groups excluding carboxylic acids is 1. The van der Waals surface area contributed by atoms with Gasteiger partial charge in [0.2, 0.25) is 0 Å². The first-order chi connectivity index (χ1) is 11.9. The maximum absolute atomic E-state index is 13.3. The van der Waals surface area contributed by atoms with Gasteiger partial charge in [0.05, 0.1) is 5.69 Å². The van der Waals surface area contributed by atoms with Crippen molar-refractivity contribution in [3.05, 3.63) is 29.7 Å². The molecule has 1 aromatic heterocycles. The van der Waals surface area contributed by atoms with E-state index in [9.17, 15) is 9.18 Å². The Morgan fingerprint density at radius 1 is 1.44 bits per heavy atom. The van der Waals surface area contributed by atoms with E-state index in [0.29, 0.717) is 11.5 Å². The van der Waals surface area contributed by atoms with E-state index in [1.165, 1.54) is 12.1 Å². The zero-order valence-electron chi connectivity index (χ0n) is 14.6. The molecule has 1 fully saturated rings. The molecule has 2 N–H and O–H groups in total. The van der Waals surface area contributed by atoms with E-state index in [0.717, 1.165) is 43.4 Å². The zero-order chi connectivity index (χ0) is 18.0. The van der Waals surface area contributed by atoms with Crippen LogP contribution in [0.4, 0.5) is 9.18 Å². The molecular weight excluding hydrogens is 325 g/mol. The van der Waals surface area contributed by atoms with Gasteiger partial charge >= 0.3 is 6.09 Å². The second-order valence-electron chi connectivity index (χ2n) is 7.04. The summed E-state index contributed by atoms with van der Waals surface area (Å²) in [5.41, 5.74) is 6.57. The molecule has 1 amide bonds. The molecule has 1 saturated heterocycles. The Labute approximate surface area is 146 Å². The van der Waals surface area contributed by atoms with E-state index in [1.54, 1.807) is 6.07 Å². The topological polar surface area (TPSA) is 81.6 Å². The fourth-order valence-corrected chi connectivity index (χ4v) is 3.50. The Bertz CT molecular complexity index is 738. The number of nitrogens with zero attached hydrogens (tertiary/aromatic N) is 2. The minimum Gasteiger partial charge on any atom is -0.430 e. The van der Waals surface area contributed by atoms with E-state index in [-0.39, 0.29) is 18.0 Å². The highest BCUT2D eigenvalue weighted by atomic mass is 19.1. The van der Waals surface area contributed by atoms with E-state index in [1.807, 2.05) is 0 Å². The fraction of sp³-hybridized carbons (Fsp3) is 0.556. The van der Waals surface area contributed by atoms with Crippen molar-refractivity contribution in [2.75, 3.05) is 13.1 Å². The summed E-state index contributed by atoms with van der Waals surface area (Å²) in [6.45, 7) is 5.74. The lowest BCUT2D eigenvalue weighted by Crippen LogP contribution is -2.44. The number of piperidine rings is 1. The van der Waals surface area contributed by atoms with E-state index in [4.69, 9.17) is 15.0 Å². The molecule has 0 bridgehead atoms. The Balaban J connectivity index is 1.68. The van der Waals surface area contributed by atoms with Crippen LogP contribution in [0.3, 0.4) is 0 Å². The third-order valence-electron chi connectivity index (χ3n) is 4.71. The van der Waals surface area contributed by atoms with Gasteiger partial charge in [0.15, 0.2) is 11.8 Å². The number of amides is 1. The average molecular weight is 349 g/mol. The first-order valence-corrected chi connectivity index (χ1v) is 8.69. The number of primary amides is 1. The summed E-state index contributed by atoms with van der Waals surface area (Å²) in [5, 5.41) is 5.03. The SMILES string of the molecule is CC(C)CC(OC(N)=O)N1CCC(c2noc3cc(F)ccc23)CC1. The summed E-state index contributed by atoms with van der Waals surface area (Å²) in [4.78, 5) is 13.3. The number of benzene rings is 1. The van der Waals surface area contributed by atoms with Crippen molar-refractivity contribution in [1.29, 1.82) is 0 Å². The quantitative estimate of drug-likeness (QED) is 0.892. The Morgan fingerprint density at radius 3 is 2.80 bits per heavy atom. The molecule has 0 spiro atoms. The minimum absolute atomic E-state index is 0.247. The van der Waals surface area contributed by atoms with Gasteiger partial charge < -0.3 is 15.0 Å². The number of hydrogen-bond donors (Lipinski definition) is 1. The predicted molar refractivity (Wildman–Crippen MR) is 91.4 cm³/mol. The number of likely N-dealkylation sites (tertiary alicyclic amines) is 1. The number of ether oxygens (including phenoxy) is 1. The molecule has 0 aliphatic carbocycles. The number of rotatable bonds is 5. The molecule has 25 heavy (non-hydrogen) atoms. The average Bonchev–Trinajstić information content (AvgIpc) is 2.96. The molecule has 1 atom stereocenters. The van der Waals surface area contributed by atoms with Crippen LogP contribution in [-0.4, -0.2) is 35.5 Å². The van der Waals surface area contributed by atoms with Crippen LogP contribution in [0.5, 0.6) is 0 Å². The second-order valence-corrected chi connectivity index (χ2v) is 7.04. The monoisotopic (exact) mass is 349 g/mol. The third kappa shape index (κ3) is 4.10. The molecule has 2 heterocycles. The zero-order valence-corrected chi connectivity index (χ0v) is 14.6. The minimum atomic E-state index is -0.739. The van der Waals surface area contributed by atoms with Crippen molar-refractivity contribution in [2.24, 2.45) is 11.7 Å². The van der Waals surface area contributed by atoms with Crippen molar-refractivity contribution in [3.63, 3.8) is 0 Å². The van der Waals surface area contributed by atoms with Gasteiger partial charge in [0.1, 0.15) is 5.82 Å². The predicted octanol–water partition coefficient (Wildman–Crippen LogP) is 3.61. The molecule has 136 valence electrons. The molecule has 0 radical (unpaired) electrons. The number of halogens is 1. The number of nitrogens with two attached hydrogens (primary N) is 1. The molecule has 2 aromatic rings. The molecule has 3 rings (SSSR count). The number of fused-ring (bicyclic) bond motifs is 1. The molecule has 1 aliphatic rings. The van der Waals surface area contributed by atoms with Gasteiger partial charge in [-0.15, -0.1) is 0 Å². The third-order valence-corrected chi connectivity index (χ3v) is 4.71. The highest BCUT2D eigenvalue weighted by Crippen LogP contribution is 2.33. The second kappa shape index (κ2) is 7.39. The largest absolute Gasteiger partial charge is 0.430 e. The van der Waals surface area contributed by atoms with E-state index >= 15 is 0 Å². The van der Waals surface area contributed by atoms with Gasteiger partial charge in [-0.1, -0.05) is 19.0 Å². The molecule has 1 aliphatic heterocycles. The van der Waals surface area contributed by atoms with Gasteiger partial charge in [-0.3, -0.25) is 4.90 Å². The first-order valence-electron chi connectivity index (χ1n) is 8.69. The van der Waals surface area contributed by atoms with Crippen LogP contribution in [0.2, 0.25) is 0 Å². The molecule has 1 unspecified atom stereocenters. The highest BCUT2D eigenvalue weighted by Gasteiger charge is 2.30. The van der Waals surface area contributed by atoms with Crippen molar-refractivity contribution < 1.29 is 18.4 Å². The molecule has 1 aromatic carbocycles. The number of carbonyl (C=O) groups is 1. The summed E-state index contributed by atoms with van der Waals surface area (Å²) >= 11 is 0. The Morgan fingerprint density at radius 2 is 2.16 bits per heavy atom. The van der Waals surface area contributed by atoms with Gasteiger partial charge in [0.25, 0.3) is 0 Å². The summed E-state index contributed by atoms with van der Waals surface area (Å²) in [6, 6.07) is 4.51. The summed E-state index contributed by atoms with van der Waals surface area (Å²) in [5.74, 6) is 0.317. The van der Waals surface area contributed by atoms with Crippen LogP contribution in [0.25, 0.3) is 11.0 Å². The lowest BCUT2D eigenvalue weighted by Gasteiger charge is -2.36. The van der Waals surface area contributed by atoms with Gasteiger partial charge in [0, 0.05) is 36.9 Å². The standard InChI is InChI=1S/C18H24FN3O3/c1-11(2)9-16(24-18(20)23)22-7-5-12(6-8-22)17-14-4-3-13(19)10-15(14)25-21-17/h3-4,10-12,16H,5-9H2,1-2H3,(H2,20,23). The van der Waals surface area contributed by atoms with Crippen LogP contribution in [-0.2, 0) is 4.74 Å². The van der Waals surface area contributed by atoms with Gasteiger partial charge in [-0.2, -0.15) is 0 Å². The summed E-state index contributed by atoms with van der Waals surface area (Å²) in [6.07, 6.45) is 1.46. The molecule has 0 saturated carbocycles. The molecular formula is C18H24FN3O3. The Hall–Kier alpha value is -2.15. The van der Waals surface area contributed by atoms with Crippen molar-refractivity contribution >= 4 is 17.1 Å². The van der Waals surface area contributed by atoms with Crippen molar-refractivity contribution in [1.82, 2.24) is 10.1 Å². The normalized spacial score (nSPS) is 17.9. The smallest absolute Gasteiger partial charge is 0.406 e. The van der Waals surface area contributed by atoms with Crippen molar-refractivity contribution in [3.8, 4) is 0 Å². The van der Waals surface area contributed by atoms with Gasteiger partial charge in [-0.05, 0) is 30.9 Å². The van der Waals surface area contributed by atoms with E-state index in [2.05, 4.69) is 23.9 Å². The van der Waals surface area contributed by atoms with Crippen LogP contribution in [0, 0.1) is 11.7 Å². The van der Waals surface area contributed by atoms with E-state index < -0.39 is 6.09 Å². The van der Waals surface area contributed by atoms with Crippen LogP contribution >= 0.6 is 0 Å². The van der Waals surface area contributed by atoms with Crippen LogP contribution < -0.4 is 5.73 Å². The lowest BCUT2D eigenvalue weighted by molar-refractivity contribution is -0.0333. The highest BCUT2D eigenvalue weighted by molar-refractivity contribution is 5.79. The summed E-state index contributed by atoms with van der Waals surface area (Å²) in [7, 11) is 0.